The average molecular weight is 270 g/mol. The van der Waals surface area contributed by atoms with E-state index in [1.165, 1.54) is 25.8 Å². The number of nitrogens with zero attached hydrogens (tertiary/aromatic N) is 1. The SMILES string of the molecule is CCCC1CNC(C(C)CC)CN1C(C)CCOC. The molecule has 1 fully saturated rings. The van der Waals surface area contributed by atoms with Crippen molar-refractivity contribution in [3.05, 3.63) is 0 Å². The van der Waals surface area contributed by atoms with Gasteiger partial charge < -0.3 is 10.1 Å². The highest BCUT2D eigenvalue weighted by atomic mass is 16.5. The van der Waals surface area contributed by atoms with Gasteiger partial charge in [-0.1, -0.05) is 33.6 Å². The second kappa shape index (κ2) is 8.93. The van der Waals surface area contributed by atoms with E-state index in [0.29, 0.717) is 18.1 Å². The highest BCUT2D eigenvalue weighted by Gasteiger charge is 2.31. The molecule has 0 aliphatic carbocycles. The van der Waals surface area contributed by atoms with Crippen LogP contribution in [0.5, 0.6) is 0 Å². The highest BCUT2D eigenvalue weighted by molar-refractivity contribution is 4.90. The maximum Gasteiger partial charge on any atom is 0.0477 e. The van der Waals surface area contributed by atoms with Crippen molar-refractivity contribution in [3.8, 4) is 0 Å². The van der Waals surface area contributed by atoms with Crippen LogP contribution in [0.1, 0.15) is 53.4 Å². The Hall–Kier alpha value is -0.120. The lowest BCUT2D eigenvalue weighted by Crippen LogP contribution is -2.60. The normalized spacial score (nSPS) is 28.3. The van der Waals surface area contributed by atoms with E-state index < -0.39 is 0 Å². The molecule has 0 aromatic rings. The van der Waals surface area contributed by atoms with E-state index in [1.807, 2.05) is 0 Å². The lowest BCUT2D eigenvalue weighted by atomic mass is 9.93. The molecule has 0 aromatic heterocycles. The van der Waals surface area contributed by atoms with Crippen LogP contribution in [0.2, 0.25) is 0 Å². The molecular formula is C16H34N2O. The smallest absolute Gasteiger partial charge is 0.0477 e. The van der Waals surface area contributed by atoms with Crippen molar-refractivity contribution in [2.24, 2.45) is 5.92 Å². The molecule has 0 spiro atoms. The summed E-state index contributed by atoms with van der Waals surface area (Å²) in [7, 11) is 1.80. The van der Waals surface area contributed by atoms with Crippen LogP contribution in [-0.4, -0.2) is 49.8 Å². The maximum atomic E-state index is 5.25. The van der Waals surface area contributed by atoms with E-state index in [0.717, 1.165) is 25.5 Å². The fourth-order valence-corrected chi connectivity index (χ4v) is 3.11. The fourth-order valence-electron chi connectivity index (χ4n) is 3.11. The van der Waals surface area contributed by atoms with E-state index in [2.05, 4.69) is 37.9 Å². The molecule has 114 valence electrons. The maximum absolute atomic E-state index is 5.25. The zero-order chi connectivity index (χ0) is 14.3. The van der Waals surface area contributed by atoms with E-state index in [9.17, 15) is 0 Å². The van der Waals surface area contributed by atoms with Crippen molar-refractivity contribution in [2.45, 2.75) is 71.5 Å². The molecular weight excluding hydrogens is 236 g/mol. The molecule has 4 unspecified atom stereocenters. The second-order valence-electron chi connectivity index (χ2n) is 6.17. The second-order valence-corrected chi connectivity index (χ2v) is 6.17. The standard InChI is InChI=1S/C16H34N2O/c1-6-8-15-11-17-16(13(3)7-2)12-18(15)14(4)9-10-19-5/h13-17H,6-12H2,1-5H3. The lowest BCUT2D eigenvalue weighted by Gasteiger charge is -2.45. The Morgan fingerprint density at radius 3 is 2.63 bits per heavy atom. The molecule has 0 amide bonds. The van der Waals surface area contributed by atoms with Crippen LogP contribution in [0.15, 0.2) is 0 Å². The summed E-state index contributed by atoms with van der Waals surface area (Å²) >= 11 is 0. The first-order valence-electron chi connectivity index (χ1n) is 8.12. The molecule has 1 rings (SSSR count). The Balaban J connectivity index is 2.61. The van der Waals surface area contributed by atoms with Gasteiger partial charge in [-0.3, -0.25) is 4.90 Å². The largest absolute Gasteiger partial charge is 0.385 e. The molecule has 0 saturated carbocycles. The van der Waals surface area contributed by atoms with Gasteiger partial charge in [-0.15, -0.1) is 0 Å². The molecule has 3 heteroatoms. The first-order valence-corrected chi connectivity index (χ1v) is 8.12. The Labute approximate surface area is 120 Å². The minimum Gasteiger partial charge on any atom is -0.385 e. The Morgan fingerprint density at radius 1 is 1.32 bits per heavy atom. The molecule has 1 aliphatic rings. The van der Waals surface area contributed by atoms with Crippen LogP contribution in [0, 0.1) is 5.92 Å². The van der Waals surface area contributed by atoms with Crippen LogP contribution in [0.3, 0.4) is 0 Å². The van der Waals surface area contributed by atoms with Crippen LogP contribution in [0.25, 0.3) is 0 Å². The summed E-state index contributed by atoms with van der Waals surface area (Å²) in [6, 6.07) is 1.99. The summed E-state index contributed by atoms with van der Waals surface area (Å²) in [4.78, 5) is 2.73. The molecule has 1 N–H and O–H groups in total. The monoisotopic (exact) mass is 270 g/mol. The van der Waals surface area contributed by atoms with Crippen molar-refractivity contribution in [1.29, 1.82) is 0 Å². The molecule has 4 atom stereocenters. The molecule has 1 aliphatic heterocycles. The minimum absolute atomic E-state index is 0.630. The Morgan fingerprint density at radius 2 is 2.05 bits per heavy atom. The third-order valence-electron chi connectivity index (χ3n) is 4.75. The predicted octanol–water partition coefficient (Wildman–Crippen LogP) is 2.90. The third-order valence-corrected chi connectivity index (χ3v) is 4.75. The molecule has 1 heterocycles. The first kappa shape index (κ1) is 16.9. The average Bonchev–Trinajstić information content (AvgIpc) is 2.44. The quantitative estimate of drug-likeness (QED) is 0.734. The third kappa shape index (κ3) is 5.05. The van der Waals surface area contributed by atoms with Crippen molar-refractivity contribution in [1.82, 2.24) is 10.2 Å². The molecule has 19 heavy (non-hydrogen) atoms. The summed E-state index contributed by atoms with van der Waals surface area (Å²) < 4.78 is 5.25. The molecule has 1 saturated heterocycles. The van der Waals surface area contributed by atoms with Gasteiger partial charge in [0.1, 0.15) is 0 Å². The van der Waals surface area contributed by atoms with Gasteiger partial charge in [0.2, 0.25) is 0 Å². The molecule has 0 bridgehead atoms. The van der Waals surface area contributed by atoms with Crippen LogP contribution in [-0.2, 0) is 4.74 Å². The minimum atomic E-state index is 0.630. The Bertz CT molecular complexity index is 235. The number of ether oxygens (including phenoxy) is 1. The van der Waals surface area contributed by atoms with Crippen molar-refractivity contribution in [2.75, 3.05) is 26.8 Å². The van der Waals surface area contributed by atoms with Crippen LogP contribution >= 0.6 is 0 Å². The lowest BCUT2D eigenvalue weighted by molar-refractivity contribution is 0.0520. The number of rotatable bonds is 8. The van der Waals surface area contributed by atoms with E-state index in [-0.39, 0.29) is 0 Å². The zero-order valence-corrected chi connectivity index (χ0v) is 13.6. The van der Waals surface area contributed by atoms with Crippen LogP contribution in [0.4, 0.5) is 0 Å². The Kier molecular flexibility index (Phi) is 7.96. The highest BCUT2D eigenvalue weighted by Crippen LogP contribution is 2.21. The molecule has 0 aromatic carbocycles. The fraction of sp³-hybridized carbons (Fsp3) is 1.00. The van der Waals surface area contributed by atoms with Gasteiger partial charge >= 0.3 is 0 Å². The van der Waals surface area contributed by atoms with E-state index in [4.69, 9.17) is 4.74 Å². The van der Waals surface area contributed by atoms with Gasteiger partial charge in [0.25, 0.3) is 0 Å². The van der Waals surface area contributed by atoms with Crippen molar-refractivity contribution >= 4 is 0 Å². The number of nitrogens with one attached hydrogen (secondary N) is 1. The van der Waals surface area contributed by atoms with Gasteiger partial charge in [-0.25, -0.2) is 0 Å². The van der Waals surface area contributed by atoms with Gasteiger partial charge in [0, 0.05) is 44.9 Å². The van der Waals surface area contributed by atoms with E-state index >= 15 is 0 Å². The summed E-state index contributed by atoms with van der Waals surface area (Å²) in [5.74, 6) is 0.764. The topological polar surface area (TPSA) is 24.5 Å². The predicted molar refractivity (Wildman–Crippen MR) is 82.6 cm³/mol. The number of hydrogen-bond donors (Lipinski definition) is 1. The van der Waals surface area contributed by atoms with Crippen LogP contribution < -0.4 is 5.32 Å². The summed E-state index contributed by atoms with van der Waals surface area (Å²) in [6.45, 7) is 12.5. The van der Waals surface area contributed by atoms with Gasteiger partial charge in [-0.2, -0.15) is 0 Å². The first-order chi connectivity index (χ1) is 9.13. The zero-order valence-electron chi connectivity index (χ0n) is 13.6. The number of methoxy groups -OCH3 is 1. The van der Waals surface area contributed by atoms with Crippen molar-refractivity contribution < 1.29 is 4.74 Å². The summed E-state index contributed by atoms with van der Waals surface area (Å²) in [5, 5.41) is 3.77. The molecule has 3 nitrogen and oxygen atoms in total. The van der Waals surface area contributed by atoms with Gasteiger partial charge in [0.15, 0.2) is 0 Å². The van der Waals surface area contributed by atoms with E-state index in [1.54, 1.807) is 7.11 Å². The van der Waals surface area contributed by atoms with Gasteiger partial charge in [-0.05, 0) is 25.7 Å². The molecule has 0 radical (unpaired) electrons. The summed E-state index contributed by atoms with van der Waals surface area (Å²) in [6.07, 6.45) is 4.98. The summed E-state index contributed by atoms with van der Waals surface area (Å²) in [5.41, 5.74) is 0. The van der Waals surface area contributed by atoms with Gasteiger partial charge in [0.05, 0.1) is 0 Å². The van der Waals surface area contributed by atoms with Crippen molar-refractivity contribution in [3.63, 3.8) is 0 Å². The number of piperazine rings is 1. The number of hydrogen-bond acceptors (Lipinski definition) is 3.